The maximum Gasteiger partial charge on any atom is 0.221 e. The normalized spacial score (nSPS) is 10.6. The predicted octanol–water partition coefficient (Wildman–Crippen LogP) is 3.31. The summed E-state index contributed by atoms with van der Waals surface area (Å²) in [7, 11) is 0. The molecule has 0 spiro atoms. The Morgan fingerprint density at radius 3 is 2.63 bits per heavy atom. The lowest BCUT2D eigenvalue weighted by molar-refractivity contribution is 0.468. The van der Waals surface area contributed by atoms with Crippen molar-refractivity contribution in [1.82, 2.24) is 9.97 Å². The number of fused-ring (bicyclic) bond motifs is 1. The monoisotopic (exact) mass is 251 g/mol. The highest BCUT2D eigenvalue weighted by Gasteiger charge is 2.06. The molecule has 2 aromatic heterocycles. The third-order valence-corrected chi connectivity index (χ3v) is 2.78. The van der Waals surface area contributed by atoms with Gasteiger partial charge in [-0.05, 0) is 25.1 Å². The van der Waals surface area contributed by atoms with Gasteiger partial charge in [-0.15, -0.1) is 0 Å². The lowest BCUT2D eigenvalue weighted by atomic mass is 10.2. The van der Waals surface area contributed by atoms with Crippen LogP contribution in [0.25, 0.3) is 10.9 Å². The lowest BCUT2D eigenvalue weighted by Gasteiger charge is -2.08. The van der Waals surface area contributed by atoms with Crippen molar-refractivity contribution in [1.29, 1.82) is 0 Å². The van der Waals surface area contributed by atoms with Gasteiger partial charge in [-0.25, -0.2) is 4.98 Å². The molecule has 0 aliphatic carbocycles. The molecular formula is C15H13N3O. The smallest absolute Gasteiger partial charge is 0.221 e. The highest BCUT2D eigenvalue weighted by Crippen LogP contribution is 2.28. The van der Waals surface area contributed by atoms with E-state index in [1.54, 1.807) is 12.1 Å². The number of para-hydroxylation sites is 1. The fourth-order valence-corrected chi connectivity index (χ4v) is 1.90. The van der Waals surface area contributed by atoms with Crippen LogP contribution in [0.3, 0.4) is 0 Å². The first-order chi connectivity index (χ1) is 9.22. The minimum atomic E-state index is 0.432. The van der Waals surface area contributed by atoms with Gasteiger partial charge in [0.25, 0.3) is 0 Å². The molecule has 0 bridgehead atoms. The molecule has 0 radical (unpaired) electrons. The number of anilines is 1. The summed E-state index contributed by atoms with van der Waals surface area (Å²) in [6, 6.07) is 15.1. The number of rotatable bonds is 2. The Labute approximate surface area is 110 Å². The number of nitrogens with zero attached hydrogens (tertiary/aromatic N) is 2. The van der Waals surface area contributed by atoms with Gasteiger partial charge in [0.1, 0.15) is 11.3 Å². The van der Waals surface area contributed by atoms with Crippen LogP contribution in [0.5, 0.6) is 11.6 Å². The van der Waals surface area contributed by atoms with Crippen LogP contribution < -0.4 is 10.5 Å². The van der Waals surface area contributed by atoms with Crippen molar-refractivity contribution < 1.29 is 4.74 Å². The molecule has 0 aliphatic heterocycles. The van der Waals surface area contributed by atoms with Gasteiger partial charge >= 0.3 is 0 Å². The number of aryl methyl sites for hydroxylation is 1. The first kappa shape index (κ1) is 11.5. The molecule has 94 valence electrons. The van der Waals surface area contributed by atoms with Crippen molar-refractivity contribution in [2.75, 3.05) is 5.73 Å². The first-order valence-corrected chi connectivity index (χ1v) is 5.99. The van der Waals surface area contributed by atoms with Crippen LogP contribution in [-0.4, -0.2) is 9.97 Å². The van der Waals surface area contributed by atoms with Crippen molar-refractivity contribution in [2.45, 2.75) is 6.92 Å². The summed E-state index contributed by atoms with van der Waals surface area (Å²) >= 11 is 0. The first-order valence-electron chi connectivity index (χ1n) is 5.99. The van der Waals surface area contributed by atoms with Crippen molar-refractivity contribution in [2.24, 2.45) is 0 Å². The molecule has 4 heteroatoms. The second-order valence-corrected chi connectivity index (χ2v) is 4.28. The van der Waals surface area contributed by atoms with E-state index in [0.717, 1.165) is 16.6 Å². The molecule has 0 fully saturated rings. The highest BCUT2D eigenvalue weighted by molar-refractivity contribution is 5.84. The Morgan fingerprint density at radius 1 is 0.947 bits per heavy atom. The fraction of sp³-hybridized carbons (Fsp3) is 0.0667. The molecule has 0 atom stereocenters. The summed E-state index contributed by atoms with van der Waals surface area (Å²) in [6.45, 7) is 1.95. The second-order valence-electron chi connectivity index (χ2n) is 4.28. The number of benzene rings is 1. The average molecular weight is 251 g/mol. The molecule has 2 N–H and O–H groups in total. The number of hydrogen-bond acceptors (Lipinski definition) is 4. The molecule has 3 rings (SSSR count). The van der Waals surface area contributed by atoms with Gasteiger partial charge in [0.05, 0.1) is 0 Å². The summed E-state index contributed by atoms with van der Waals surface area (Å²) in [6.07, 6.45) is 0. The average Bonchev–Trinajstić information content (AvgIpc) is 2.39. The SMILES string of the molecule is Cc1ccc2cccc(Oc3cccc(N)n3)c2n1. The minimum absolute atomic E-state index is 0.432. The summed E-state index contributed by atoms with van der Waals surface area (Å²) < 4.78 is 5.77. The summed E-state index contributed by atoms with van der Waals surface area (Å²) in [4.78, 5) is 8.64. The summed E-state index contributed by atoms with van der Waals surface area (Å²) in [5.41, 5.74) is 7.42. The van der Waals surface area contributed by atoms with E-state index in [-0.39, 0.29) is 0 Å². The molecule has 0 amide bonds. The Morgan fingerprint density at radius 2 is 1.79 bits per heavy atom. The minimum Gasteiger partial charge on any atom is -0.437 e. The van der Waals surface area contributed by atoms with Gasteiger partial charge in [0.15, 0.2) is 5.75 Å². The number of pyridine rings is 2. The zero-order valence-electron chi connectivity index (χ0n) is 10.5. The van der Waals surface area contributed by atoms with E-state index in [9.17, 15) is 0 Å². The predicted molar refractivity (Wildman–Crippen MR) is 75.2 cm³/mol. The van der Waals surface area contributed by atoms with E-state index in [1.165, 1.54) is 0 Å². The van der Waals surface area contributed by atoms with Crippen molar-refractivity contribution in [3.8, 4) is 11.6 Å². The molecule has 2 heterocycles. The number of hydrogen-bond donors (Lipinski definition) is 1. The highest BCUT2D eigenvalue weighted by atomic mass is 16.5. The molecule has 19 heavy (non-hydrogen) atoms. The molecule has 4 nitrogen and oxygen atoms in total. The Kier molecular flexibility index (Phi) is 2.76. The van der Waals surface area contributed by atoms with Crippen molar-refractivity contribution in [3.63, 3.8) is 0 Å². The van der Waals surface area contributed by atoms with E-state index >= 15 is 0 Å². The van der Waals surface area contributed by atoms with E-state index < -0.39 is 0 Å². The van der Waals surface area contributed by atoms with Crippen LogP contribution in [0.2, 0.25) is 0 Å². The van der Waals surface area contributed by atoms with E-state index in [0.29, 0.717) is 17.4 Å². The van der Waals surface area contributed by atoms with Crippen LogP contribution in [0, 0.1) is 6.92 Å². The van der Waals surface area contributed by atoms with E-state index in [2.05, 4.69) is 9.97 Å². The van der Waals surface area contributed by atoms with Gasteiger partial charge in [0, 0.05) is 17.1 Å². The Balaban J connectivity index is 2.07. The quantitative estimate of drug-likeness (QED) is 0.759. The van der Waals surface area contributed by atoms with Gasteiger partial charge < -0.3 is 10.5 Å². The summed E-state index contributed by atoms with van der Waals surface area (Å²) in [5, 5.41) is 1.03. The summed E-state index contributed by atoms with van der Waals surface area (Å²) in [5.74, 6) is 1.58. The van der Waals surface area contributed by atoms with Crippen LogP contribution in [-0.2, 0) is 0 Å². The molecule has 0 unspecified atom stereocenters. The van der Waals surface area contributed by atoms with Gasteiger partial charge in [-0.2, -0.15) is 4.98 Å². The zero-order chi connectivity index (χ0) is 13.2. The molecule has 0 saturated heterocycles. The maximum atomic E-state index is 5.77. The molecule has 0 saturated carbocycles. The van der Waals surface area contributed by atoms with Crippen molar-refractivity contribution >= 4 is 16.7 Å². The Hall–Kier alpha value is -2.62. The number of nitrogens with two attached hydrogens (primary N) is 1. The van der Waals surface area contributed by atoms with Crippen molar-refractivity contribution in [3.05, 3.63) is 54.2 Å². The van der Waals surface area contributed by atoms with Gasteiger partial charge in [0.2, 0.25) is 5.88 Å². The molecule has 0 aliphatic rings. The Bertz CT molecular complexity index is 740. The molecular weight excluding hydrogens is 238 g/mol. The molecule has 3 aromatic rings. The van der Waals surface area contributed by atoms with Crippen LogP contribution >= 0.6 is 0 Å². The van der Waals surface area contributed by atoms with Crippen LogP contribution in [0.15, 0.2) is 48.5 Å². The van der Waals surface area contributed by atoms with E-state index in [1.807, 2.05) is 43.3 Å². The van der Waals surface area contributed by atoms with Crippen LogP contribution in [0.4, 0.5) is 5.82 Å². The van der Waals surface area contributed by atoms with Gasteiger partial charge in [-0.1, -0.05) is 24.3 Å². The largest absolute Gasteiger partial charge is 0.437 e. The van der Waals surface area contributed by atoms with E-state index in [4.69, 9.17) is 10.5 Å². The third kappa shape index (κ3) is 2.33. The zero-order valence-corrected chi connectivity index (χ0v) is 10.5. The fourth-order valence-electron chi connectivity index (χ4n) is 1.90. The van der Waals surface area contributed by atoms with Crippen LogP contribution in [0.1, 0.15) is 5.69 Å². The maximum absolute atomic E-state index is 5.77. The number of nitrogen functional groups attached to an aromatic ring is 1. The second kappa shape index (κ2) is 4.57. The topological polar surface area (TPSA) is 61.0 Å². The lowest BCUT2D eigenvalue weighted by Crippen LogP contribution is -1.94. The standard InChI is InChI=1S/C15H13N3O/c1-10-8-9-11-4-2-5-12(15(11)17-10)19-14-7-3-6-13(16)18-14/h2-9H,1H3,(H2,16,18). The number of aromatic nitrogens is 2. The third-order valence-electron chi connectivity index (χ3n) is 2.78. The van der Waals surface area contributed by atoms with Gasteiger partial charge in [-0.3, -0.25) is 0 Å². The molecule has 1 aromatic carbocycles. The number of ether oxygens (including phenoxy) is 1.